The van der Waals surface area contributed by atoms with Crippen LogP contribution in [0.15, 0.2) is 42.5 Å². The summed E-state index contributed by atoms with van der Waals surface area (Å²) >= 11 is 0. The van der Waals surface area contributed by atoms with Crippen molar-refractivity contribution in [2.24, 2.45) is 0 Å². The number of ether oxygens (including phenoxy) is 2. The van der Waals surface area contributed by atoms with Crippen molar-refractivity contribution in [3.63, 3.8) is 0 Å². The van der Waals surface area contributed by atoms with Crippen molar-refractivity contribution in [1.29, 1.82) is 0 Å². The third-order valence-electron chi connectivity index (χ3n) is 4.66. The smallest absolute Gasteiger partial charge is 0.135 e. The molecule has 3 rings (SSSR count). The fraction of sp³-hybridized carbons (Fsp3) is 0.391. The molecule has 0 saturated heterocycles. The summed E-state index contributed by atoms with van der Waals surface area (Å²) in [6.07, 6.45) is 4.24. The molecule has 0 atom stereocenters. The molecule has 0 aromatic heterocycles. The van der Waals surface area contributed by atoms with Gasteiger partial charge in [0.2, 0.25) is 0 Å². The number of benzene rings is 3. The van der Waals surface area contributed by atoms with E-state index in [-0.39, 0.29) is 6.61 Å². The molecule has 0 aliphatic heterocycles. The molecule has 3 nitrogen and oxygen atoms in total. The largest absolute Gasteiger partial charge is 0.492 e. The maximum Gasteiger partial charge on any atom is 0.135 e. The van der Waals surface area contributed by atoms with Crippen molar-refractivity contribution < 1.29 is 14.6 Å². The topological polar surface area (TPSA) is 38.7 Å². The van der Waals surface area contributed by atoms with Gasteiger partial charge in [-0.05, 0) is 24.5 Å². The van der Waals surface area contributed by atoms with Crippen LogP contribution in [0.1, 0.15) is 45.1 Å². The molecule has 0 unspecified atom stereocenters. The van der Waals surface area contributed by atoms with Crippen molar-refractivity contribution in [1.82, 2.24) is 0 Å². The molecule has 26 heavy (non-hydrogen) atoms. The van der Waals surface area contributed by atoms with E-state index >= 15 is 0 Å². The summed E-state index contributed by atoms with van der Waals surface area (Å²) in [5.74, 6) is 1.80. The molecule has 0 amide bonds. The van der Waals surface area contributed by atoms with E-state index in [1.165, 1.54) is 0 Å². The fourth-order valence-corrected chi connectivity index (χ4v) is 3.19. The van der Waals surface area contributed by atoms with Crippen LogP contribution in [0.2, 0.25) is 0 Å². The van der Waals surface area contributed by atoms with Crippen LogP contribution in [0.3, 0.4) is 0 Å². The molecule has 0 heterocycles. The average molecular weight is 352 g/mol. The van der Waals surface area contributed by atoms with Crippen LogP contribution in [0, 0.1) is 0 Å². The molecular weight excluding hydrogens is 324 g/mol. The Morgan fingerprint density at radius 3 is 1.81 bits per heavy atom. The molecule has 0 bridgehead atoms. The molecule has 138 valence electrons. The molecule has 1 N–H and O–H groups in total. The first-order chi connectivity index (χ1) is 12.8. The van der Waals surface area contributed by atoms with Crippen molar-refractivity contribution in [2.75, 3.05) is 13.2 Å². The van der Waals surface area contributed by atoms with Crippen LogP contribution >= 0.6 is 0 Å². The summed E-state index contributed by atoms with van der Waals surface area (Å²) in [4.78, 5) is 0. The Morgan fingerprint density at radius 2 is 1.27 bits per heavy atom. The maximum absolute atomic E-state index is 9.59. The molecule has 0 aliphatic rings. The Balaban J connectivity index is 2.22. The molecule has 0 aliphatic carbocycles. The van der Waals surface area contributed by atoms with Crippen molar-refractivity contribution in [2.45, 2.75) is 46.1 Å². The average Bonchev–Trinajstić information content (AvgIpc) is 2.69. The van der Waals surface area contributed by atoms with E-state index in [1.54, 1.807) is 0 Å². The zero-order valence-electron chi connectivity index (χ0n) is 15.8. The second-order valence-corrected chi connectivity index (χ2v) is 6.65. The van der Waals surface area contributed by atoms with E-state index in [2.05, 4.69) is 26.0 Å². The minimum atomic E-state index is 0.0171. The number of aliphatic hydroxyl groups excluding tert-OH is 1. The third kappa shape index (κ3) is 3.78. The Hall–Kier alpha value is -2.26. The van der Waals surface area contributed by atoms with E-state index in [0.29, 0.717) is 13.2 Å². The Morgan fingerprint density at radius 1 is 0.731 bits per heavy atom. The zero-order chi connectivity index (χ0) is 18.4. The van der Waals surface area contributed by atoms with Crippen LogP contribution < -0.4 is 9.47 Å². The summed E-state index contributed by atoms with van der Waals surface area (Å²) in [5, 5.41) is 13.8. The Labute approximate surface area is 155 Å². The molecule has 0 saturated carbocycles. The zero-order valence-corrected chi connectivity index (χ0v) is 15.8. The van der Waals surface area contributed by atoms with E-state index < -0.39 is 0 Å². The monoisotopic (exact) mass is 352 g/mol. The first-order valence-electron chi connectivity index (χ1n) is 9.63. The van der Waals surface area contributed by atoms with E-state index in [0.717, 1.165) is 64.3 Å². The van der Waals surface area contributed by atoms with E-state index in [4.69, 9.17) is 9.47 Å². The molecule has 3 aromatic rings. The summed E-state index contributed by atoms with van der Waals surface area (Å²) in [6.45, 7) is 5.73. The Kier molecular flexibility index (Phi) is 6.35. The van der Waals surface area contributed by atoms with Gasteiger partial charge in [-0.2, -0.15) is 0 Å². The SMILES string of the molecule is CCCCOc1c2ccccc2c(OCCCC)c2cc(CO)ccc12. The second-order valence-electron chi connectivity index (χ2n) is 6.65. The van der Waals surface area contributed by atoms with E-state index in [9.17, 15) is 5.11 Å². The predicted octanol–water partition coefficient (Wildman–Crippen LogP) is 5.84. The van der Waals surface area contributed by atoms with Gasteiger partial charge in [0.05, 0.1) is 19.8 Å². The fourth-order valence-electron chi connectivity index (χ4n) is 3.19. The van der Waals surface area contributed by atoms with Gasteiger partial charge in [0.1, 0.15) is 11.5 Å². The number of aliphatic hydroxyl groups is 1. The summed E-state index contributed by atoms with van der Waals surface area (Å²) < 4.78 is 12.4. The van der Waals surface area contributed by atoms with Gasteiger partial charge in [0, 0.05) is 21.5 Å². The lowest BCUT2D eigenvalue weighted by Crippen LogP contribution is -2.02. The molecular formula is C23H28O3. The van der Waals surface area contributed by atoms with Gasteiger partial charge in [-0.1, -0.05) is 63.1 Å². The second kappa shape index (κ2) is 8.91. The number of hydrogen-bond donors (Lipinski definition) is 1. The van der Waals surface area contributed by atoms with Gasteiger partial charge in [-0.3, -0.25) is 0 Å². The summed E-state index contributed by atoms with van der Waals surface area (Å²) in [7, 11) is 0. The highest BCUT2D eigenvalue weighted by molar-refractivity contribution is 6.11. The minimum Gasteiger partial charge on any atom is -0.492 e. The van der Waals surface area contributed by atoms with Crippen molar-refractivity contribution in [3.8, 4) is 11.5 Å². The predicted molar refractivity (Wildman–Crippen MR) is 108 cm³/mol. The van der Waals surface area contributed by atoms with Crippen LogP contribution in [-0.2, 0) is 6.61 Å². The molecule has 3 aromatic carbocycles. The van der Waals surface area contributed by atoms with Gasteiger partial charge in [0.25, 0.3) is 0 Å². The molecule has 0 spiro atoms. The van der Waals surface area contributed by atoms with Crippen molar-refractivity contribution >= 4 is 21.5 Å². The van der Waals surface area contributed by atoms with Gasteiger partial charge in [-0.15, -0.1) is 0 Å². The lowest BCUT2D eigenvalue weighted by atomic mass is 9.99. The normalized spacial score (nSPS) is 11.2. The molecule has 3 heteroatoms. The van der Waals surface area contributed by atoms with Crippen LogP contribution in [0.5, 0.6) is 11.5 Å². The summed E-state index contributed by atoms with van der Waals surface area (Å²) in [6, 6.07) is 14.3. The van der Waals surface area contributed by atoms with Crippen molar-refractivity contribution in [3.05, 3.63) is 48.0 Å². The molecule has 0 fully saturated rings. The van der Waals surface area contributed by atoms with E-state index in [1.807, 2.05) is 30.3 Å². The number of fused-ring (bicyclic) bond motifs is 2. The number of rotatable bonds is 9. The highest BCUT2D eigenvalue weighted by Crippen LogP contribution is 2.43. The van der Waals surface area contributed by atoms with Gasteiger partial charge < -0.3 is 14.6 Å². The number of unbranched alkanes of at least 4 members (excludes halogenated alkanes) is 2. The minimum absolute atomic E-state index is 0.0171. The number of hydrogen-bond acceptors (Lipinski definition) is 3. The van der Waals surface area contributed by atoms with Crippen LogP contribution in [0.25, 0.3) is 21.5 Å². The van der Waals surface area contributed by atoms with Gasteiger partial charge in [0.15, 0.2) is 0 Å². The maximum atomic E-state index is 9.59. The lowest BCUT2D eigenvalue weighted by molar-refractivity contribution is 0.282. The lowest BCUT2D eigenvalue weighted by Gasteiger charge is -2.18. The highest BCUT2D eigenvalue weighted by Gasteiger charge is 2.16. The summed E-state index contributed by atoms with van der Waals surface area (Å²) in [5.41, 5.74) is 0.882. The molecule has 0 radical (unpaired) electrons. The van der Waals surface area contributed by atoms with Gasteiger partial charge >= 0.3 is 0 Å². The first-order valence-corrected chi connectivity index (χ1v) is 9.63. The van der Waals surface area contributed by atoms with Gasteiger partial charge in [-0.25, -0.2) is 0 Å². The third-order valence-corrected chi connectivity index (χ3v) is 4.66. The quantitative estimate of drug-likeness (QED) is 0.388. The standard InChI is InChI=1S/C23H28O3/c1-3-5-13-25-22-18-9-7-8-10-19(18)23(26-14-6-4-2)21-15-17(16-24)11-12-20(21)22/h7-12,15,24H,3-6,13-14,16H2,1-2H3. The van der Waals surface area contributed by atoms with Crippen LogP contribution in [-0.4, -0.2) is 18.3 Å². The highest BCUT2D eigenvalue weighted by atomic mass is 16.5. The van der Waals surface area contributed by atoms with Crippen LogP contribution in [0.4, 0.5) is 0 Å². The first kappa shape index (κ1) is 18.5. The Bertz CT molecular complexity index is 870.